The van der Waals surface area contributed by atoms with E-state index in [1.54, 1.807) is 12.1 Å². The first-order valence-corrected chi connectivity index (χ1v) is 10.5. The van der Waals surface area contributed by atoms with Crippen molar-refractivity contribution in [3.8, 4) is 22.9 Å². The summed E-state index contributed by atoms with van der Waals surface area (Å²) in [6.07, 6.45) is 1.18. The Morgan fingerprint density at radius 3 is 2.93 bits per heavy atom. The number of benzene rings is 2. The van der Waals surface area contributed by atoms with E-state index in [9.17, 15) is 4.79 Å². The summed E-state index contributed by atoms with van der Waals surface area (Å²) in [5, 5.41) is 21.2. The van der Waals surface area contributed by atoms with Gasteiger partial charge in [-0.25, -0.2) is 4.79 Å². The lowest BCUT2D eigenvalue weighted by atomic mass is 10.1. The number of carbonyl (C=O) groups is 1. The highest BCUT2D eigenvalue weighted by Gasteiger charge is 2.28. The highest BCUT2D eigenvalue weighted by Crippen LogP contribution is 2.42. The van der Waals surface area contributed by atoms with Crippen LogP contribution in [0.2, 0.25) is 0 Å². The zero-order chi connectivity index (χ0) is 20.4. The van der Waals surface area contributed by atoms with Gasteiger partial charge in [0, 0.05) is 15.7 Å². The third-order valence-electron chi connectivity index (χ3n) is 4.12. The summed E-state index contributed by atoms with van der Waals surface area (Å²) in [5.74, 6) is -0.329. The van der Waals surface area contributed by atoms with E-state index >= 15 is 0 Å². The molecule has 8 nitrogen and oxygen atoms in total. The van der Waals surface area contributed by atoms with Crippen LogP contribution in [0.1, 0.15) is 11.8 Å². The largest absolute Gasteiger partial charge is 0.481 e. The molecule has 0 amide bonds. The molecule has 2 heterocycles. The Kier molecular flexibility index (Phi) is 5.54. The van der Waals surface area contributed by atoms with Crippen LogP contribution in [0.4, 0.5) is 5.69 Å². The molecule has 1 unspecified atom stereocenters. The SMILES string of the molecule is CSc1nnc2c(n1)OC(c1ccccc1OCC(=O)O)Nc1ccc(Br)cc1-2. The number of hydrogen-bond acceptors (Lipinski definition) is 8. The molecule has 0 radical (unpaired) electrons. The van der Waals surface area contributed by atoms with E-state index in [1.165, 1.54) is 11.8 Å². The van der Waals surface area contributed by atoms with E-state index in [0.29, 0.717) is 28.0 Å². The lowest BCUT2D eigenvalue weighted by Crippen LogP contribution is -2.19. The maximum atomic E-state index is 10.9. The number of carboxylic acids is 1. The first kappa shape index (κ1) is 19.5. The van der Waals surface area contributed by atoms with E-state index in [1.807, 2.05) is 36.6 Å². The molecule has 0 saturated carbocycles. The molecule has 2 aromatic carbocycles. The van der Waals surface area contributed by atoms with E-state index in [0.717, 1.165) is 15.7 Å². The van der Waals surface area contributed by atoms with Crippen molar-refractivity contribution in [1.82, 2.24) is 15.2 Å². The molecule has 0 aliphatic carbocycles. The van der Waals surface area contributed by atoms with Crippen molar-refractivity contribution in [1.29, 1.82) is 0 Å². The number of carboxylic acid groups (broad SMARTS) is 1. The first-order chi connectivity index (χ1) is 14.0. The van der Waals surface area contributed by atoms with Crippen LogP contribution in [-0.4, -0.2) is 39.1 Å². The van der Waals surface area contributed by atoms with Gasteiger partial charge in [-0.05, 0) is 36.6 Å². The summed E-state index contributed by atoms with van der Waals surface area (Å²) in [6.45, 7) is -0.454. The van der Waals surface area contributed by atoms with Crippen LogP contribution in [0.25, 0.3) is 11.3 Å². The molecule has 0 bridgehead atoms. The molecule has 148 valence electrons. The lowest BCUT2D eigenvalue weighted by molar-refractivity contribution is -0.139. The maximum absolute atomic E-state index is 10.9. The second-order valence-electron chi connectivity index (χ2n) is 6.00. The molecule has 0 saturated heterocycles. The van der Waals surface area contributed by atoms with E-state index in [4.69, 9.17) is 14.6 Å². The van der Waals surface area contributed by atoms with Crippen molar-refractivity contribution in [2.45, 2.75) is 11.4 Å². The Morgan fingerprint density at radius 1 is 1.31 bits per heavy atom. The molecule has 1 aliphatic heterocycles. The normalized spacial score (nSPS) is 14.6. The third-order valence-corrected chi connectivity index (χ3v) is 5.15. The third kappa shape index (κ3) is 4.13. The van der Waals surface area contributed by atoms with Gasteiger partial charge >= 0.3 is 5.97 Å². The number of hydrogen-bond donors (Lipinski definition) is 2. The van der Waals surface area contributed by atoms with Crippen LogP contribution in [0.3, 0.4) is 0 Å². The minimum Gasteiger partial charge on any atom is -0.481 e. The monoisotopic (exact) mass is 474 g/mol. The van der Waals surface area contributed by atoms with Crippen molar-refractivity contribution in [2.24, 2.45) is 0 Å². The fourth-order valence-corrected chi connectivity index (χ4v) is 3.52. The number of nitrogens with one attached hydrogen (secondary N) is 1. The van der Waals surface area contributed by atoms with Crippen molar-refractivity contribution in [2.75, 3.05) is 18.2 Å². The van der Waals surface area contributed by atoms with Gasteiger partial charge in [-0.2, -0.15) is 4.98 Å². The van der Waals surface area contributed by atoms with Crippen LogP contribution < -0.4 is 14.8 Å². The van der Waals surface area contributed by atoms with Crippen LogP contribution in [0.5, 0.6) is 11.6 Å². The summed E-state index contributed by atoms with van der Waals surface area (Å²) in [6, 6.07) is 12.8. The van der Waals surface area contributed by atoms with Crippen LogP contribution >= 0.6 is 27.7 Å². The molecule has 1 aromatic heterocycles. The molecule has 10 heteroatoms. The molecule has 1 atom stereocenters. The zero-order valence-electron chi connectivity index (χ0n) is 15.1. The van der Waals surface area contributed by atoms with Crippen molar-refractivity contribution in [3.63, 3.8) is 0 Å². The molecule has 3 aromatic rings. The fraction of sp³-hybridized carbons (Fsp3) is 0.158. The average Bonchev–Trinajstić information content (AvgIpc) is 2.88. The van der Waals surface area contributed by atoms with Gasteiger partial charge in [0.2, 0.25) is 17.3 Å². The lowest BCUT2D eigenvalue weighted by Gasteiger charge is -2.21. The van der Waals surface area contributed by atoms with Gasteiger partial charge in [0.05, 0.1) is 5.56 Å². The van der Waals surface area contributed by atoms with E-state index in [2.05, 4.69) is 36.4 Å². The van der Waals surface area contributed by atoms with Gasteiger partial charge in [0.15, 0.2) is 12.3 Å². The highest BCUT2D eigenvalue weighted by atomic mass is 79.9. The van der Waals surface area contributed by atoms with Crippen LogP contribution in [0, 0.1) is 0 Å². The van der Waals surface area contributed by atoms with Crippen molar-refractivity contribution in [3.05, 3.63) is 52.5 Å². The molecular formula is C19H15BrN4O4S. The van der Waals surface area contributed by atoms with Gasteiger partial charge < -0.3 is 19.9 Å². The number of halogens is 1. The Morgan fingerprint density at radius 2 is 2.14 bits per heavy atom. The Labute approximate surface area is 178 Å². The number of rotatable bonds is 5. The Balaban J connectivity index is 1.81. The summed E-state index contributed by atoms with van der Waals surface area (Å²) in [4.78, 5) is 15.4. The fourth-order valence-electron chi connectivity index (χ4n) is 2.87. The second kappa shape index (κ2) is 8.26. The topological polar surface area (TPSA) is 106 Å². The van der Waals surface area contributed by atoms with E-state index < -0.39 is 18.8 Å². The molecule has 0 spiro atoms. The molecule has 2 N–H and O–H groups in total. The standard InChI is InChI=1S/C19H15BrN4O4S/c1-29-19-22-18-16(23-24-19)12-8-10(20)6-7-13(12)21-17(28-18)11-4-2-3-5-14(11)27-9-15(25)26/h2-8,17,21H,9H2,1H3,(H,25,26). The number of nitrogens with zero attached hydrogens (tertiary/aromatic N) is 3. The highest BCUT2D eigenvalue weighted by molar-refractivity contribution is 9.10. The summed E-state index contributed by atoms with van der Waals surface area (Å²) < 4.78 is 12.5. The zero-order valence-corrected chi connectivity index (χ0v) is 17.5. The quantitative estimate of drug-likeness (QED) is 0.530. The maximum Gasteiger partial charge on any atom is 0.341 e. The number of thioether (sulfide) groups is 1. The number of ether oxygens (including phenoxy) is 2. The van der Waals surface area contributed by atoms with Crippen LogP contribution in [0.15, 0.2) is 52.1 Å². The van der Waals surface area contributed by atoms with Crippen molar-refractivity contribution >= 4 is 39.3 Å². The second-order valence-corrected chi connectivity index (χ2v) is 7.69. The Bertz CT molecular complexity index is 1080. The minimum atomic E-state index is -1.06. The van der Waals surface area contributed by atoms with E-state index in [-0.39, 0.29) is 0 Å². The summed E-state index contributed by atoms with van der Waals surface area (Å²) in [5.41, 5.74) is 2.71. The first-order valence-electron chi connectivity index (χ1n) is 8.50. The molecule has 1 aliphatic rings. The summed E-state index contributed by atoms with van der Waals surface area (Å²) >= 11 is 4.84. The number of aliphatic carboxylic acids is 1. The average molecular weight is 475 g/mol. The van der Waals surface area contributed by atoms with Gasteiger partial charge in [0.25, 0.3) is 0 Å². The molecule has 0 fully saturated rings. The predicted octanol–water partition coefficient (Wildman–Crippen LogP) is 3.99. The van der Waals surface area contributed by atoms with Crippen LogP contribution in [-0.2, 0) is 4.79 Å². The summed E-state index contributed by atoms with van der Waals surface area (Å²) in [7, 11) is 0. The van der Waals surface area contributed by atoms with Gasteiger partial charge in [-0.3, -0.25) is 0 Å². The molecule has 29 heavy (non-hydrogen) atoms. The predicted molar refractivity (Wildman–Crippen MR) is 111 cm³/mol. The van der Waals surface area contributed by atoms with Gasteiger partial charge in [-0.1, -0.05) is 39.8 Å². The number of fused-ring (bicyclic) bond motifs is 3. The number of para-hydroxylation sites is 1. The number of aromatic nitrogens is 3. The number of anilines is 1. The van der Waals surface area contributed by atoms with Gasteiger partial charge in [0.1, 0.15) is 5.75 Å². The molecular weight excluding hydrogens is 460 g/mol. The Hall–Kier alpha value is -2.85. The molecule has 4 rings (SSSR count). The van der Waals surface area contributed by atoms with Crippen molar-refractivity contribution < 1.29 is 19.4 Å². The minimum absolute atomic E-state index is 0.326. The van der Waals surface area contributed by atoms with Gasteiger partial charge in [-0.15, -0.1) is 10.2 Å². The smallest absolute Gasteiger partial charge is 0.341 e.